The van der Waals surface area contributed by atoms with Crippen molar-refractivity contribution < 1.29 is 23.9 Å². The van der Waals surface area contributed by atoms with Crippen LogP contribution in [0.3, 0.4) is 0 Å². The van der Waals surface area contributed by atoms with Gasteiger partial charge in [0.15, 0.2) is 6.61 Å². The van der Waals surface area contributed by atoms with Gasteiger partial charge in [0.2, 0.25) is 5.91 Å². The molecular formula is C31H32N4O5S. The number of ether oxygens (including phenoxy) is 2. The van der Waals surface area contributed by atoms with E-state index < -0.39 is 0 Å². The van der Waals surface area contributed by atoms with E-state index in [1.54, 1.807) is 48.2 Å². The first-order chi connectivity index (χ1) is 20.0. The van der Waals surface area contributed by atoms with Crippen molar-refractivity contribution in [3.63, 3.8) is 0 Å². The Labute approximate surface area is 243 Å². The minimum atomic E-state index is -0.335. The molecule has 0 unspecified atom stereocenters. The van der Waals surface area contributed by atoms with Gasteiger partial charge in [-0.15, -0.1) is 11.8 Å². The molecule has 0 spiro atoms. The van der Waals surface area contributed by atoms with E-state index in [-0.39, 0.29) is 35.8 Å². The zero-order valence-electron chi connectivity index (χ0n) is 22.5. The highest BCUT2D eigenvalue weighted by Gasteiger charge is 2.32. The van der Waals surface area contributed by atoms with E-state index in [2.05, 4.69) is 15.8 Å². The van der Waals surface area contributed by atoms with E-state index in [4.69, 9.17) is 9.47 Å². The molecule has 3 amide bonds. The maximum atomic E-state index is 12.6. The summed E-state index contributed by atoms with van der Waals surface area (Å²) in [7, 11) is 0. The fraction of sp³-hybridized carbons (Fsp3) is 0.290. The normalized spacial score (nSPS) is 18.5. The largest absolute Gasteiger partial charge is 0.484 e. The van der Waals surface area contributed by atoms with Gasteiger partial charge in [0.05, 0.1) is 18.1 Å². The molecule has 2 saturated heterocycles. The molecule has 2 aliphatic rings. The number of nitrogens with zero attached hydrogens (tertiary/aromatic N) is 2. The molecule has 2 aliphatic heterocycles. The predicted molar refractivity (Wildman–Crippen MR) is 158 cm³/mol. The van der Waals surface area contributed by atoms with Crippen LogP contribution in [0.5, 0.6) is 5.75 Å². The number of carbonyl (C=O) groups is 3. The lowest BCUT2D eigenvalue weighted by Gasteiger charge is -2.24. The van der Waals surface area contributed by atoms with E-state index in [0.29, 0.717) is 30.2 Å². The van der Waals surface area contributed by atoms with Crippen LogP contribution in [0.4, 0.5) is 0 Å². The summed E-state index contributed by atoms with van der Waals surface area (Å²) in [5.74, 6) is 0.575. The summed E-state index contributed by atoms with van der Waals surface area (Å²) < 4.78 is 11.0. The van der Waals surface area contributed by atoms with Crippen LogP contribution in [0.1, 0.15) is 45.3 Å². The van der Waals surface area contributed by atoms with Crippen LogP contribution in [0.25, 0.3) is 0 Å². The third-order valence-corrected chi connectivity index (χ3v) is 8.06. The first kappa shape index (κ1) is 28.4. The van der Waals surface area contributed by atoms with Gasteiger partial charge >= 0.3 is 0 Å². The predicted octanol–water partition coefficient (Wildman–Crippen LogP) is 3.90. The summed E-state index contributed by atoms with van der Waals surface area (Å²) in [6.07, 6.45) is 3.62. The molecule has 2 heterocycles. The summed E-state index contributed by atoms with van der Waals surface area (Å²) >= 11 is 1.59. The summed E-state index contributed by atoms with van der Waals surface area (Å²) in [6.45, 7) is 1.73. The van der Waals surface area contributed by atoms with Gasteiger partial charge in [-0.2, -0.15) is 5.10 Å². The number of thioether (sulfide) groups is 1. The topological polar surface area (TPSA) is 109 Å². The summed E-state index contributed by atoms with van der Waals surface area (Å²) in [5, 5.41) is 6.78. The molecular weight excluding hydrogens is 540 g/mol. The average Bonchev–Trinajstić information content (AvgIpc) is 3.66. The molecule has 0 bridgehead atoms. The van der Waals surface area contributed by atoms with E-state index in [9.17, 15) is 14.4 Å². The average molecular weight is 573 g/mol. The van der Waals surface area contributed by atoms with Gasteiger partial charge in [-0.3, -0.25) is 14.4 Å². The SMILES string of the molecule is O=C(COc1ccc(/C=N\NC(=O)c2ccc([C@H]3SCC(=O)N3Cc3ccccc3)cc2)cc1)NC[C@H]1CCCO1. The first-order valence-corrected chi connectivity index (χ1v) is 14.6. The first-order valence-electron chi connectivity index (χ1n) is 13.5. The van der Waals surface area contributed by atoms with Crippen LogP contribution >= 0.6 is 11.8 Å². The molecule has 2 N–H and O–H groups in total. The van der Waals surface area contributed by atoms with Crippen LogP contribution < -0.4 is 15.5 Å². The highest BCUT2D eigenvalue weighted by atomic mass is 32.2. The molecule has 0 aromatic heterocycles. The third-order valence-electron chi connectivity index (χ3n) is 6.80. The van der Waals surface area contributed by atoms with Crippen molar-refractivity contribution in [1.29, 1.82) is 0 Å². The van der Waals surface area contributed by atoms with Gasteiger partial charge in [0, 0.05) is 25.3 Å². The number of hydrogen-bond acceptors (Lipinski definition) is 7. The number of amides is 3. The maximum Gasteiger partial charge on any atom is 0.271 e. The van der Waals surface area contributed by atoms with Crippen molar-refractivity contribution in [3.8, 4) is 5.75 Å². The van der Waals surface area contributed by atoms with Gasteiger partial charge in [-0.25, -0.2) is 5.43 Å². The molecule has 41 heavy (non-hydrogen) atoms. The lowest BCUT2D eigenvalue weighted by Crippen LogP contribution is -2.35. The van der Waals surface area contributed by atoms with Gasteiger partial charge in [0.25, 0.3) is 11.8 Å². The van der Waals surface area contributed by atoms with Crippen molar-refractivity contribution in [1.82, 2.24) is 15.6 Å². The van der Waals surface area contributed by atoms with Crippen LogP contribution in [0.15, 0.2) is 84.0 Å². The lowest BCUT2D eigenvalue weighted by atomic mass is 10.1. The molecule has 0 saturated carbocycles. The Hall–Kier alpha value is -4.15. The van der Waals surface area contributed by atoms with E-state index in [0.717, 1.165) is 36.1 Å². The molecule has 2 fully saturated rings. The van der Waals surface area contributed by atoms with Crippen molar-refractivity contribution in [2.75, 3.05) is 25.5 Å². The van der Waals surface area contributed by atoms with Crippen LogP contribution in [-0.4, -0.2) is 60.5 Å². The number of nitrogens with one attached hydrogen (secondary N) is 2. The van der Waals surface area contributed by atoms with Gasteiger partial charge in [-0.1, -0.05) is 42.5 Å². The van der Waals surface area contributed by atoms with Crippen molar-refractivity contribution in [2.24, 2.45) is 5.10 Å². The number of hydrogen-bond donors (Lipinski definition) is 2. The molecule has 9 nitrogen and oxygen atoms in total. The summed E-state index contributed by atoms with van der Waals surface area (Å²) in [4.78, 5) is 39.0. The Bertz CT molecular complexity index is 1360. The van der Waals surface area contributed by atoms with Crippen LogP contribution in [0, 0.1) is 0 Å². The minimum absolute atomic E-state index is 0.0736. The highest BCUT2D eigenvalue weighted by molar-refractivity contribution is 8.00. The third kappa shape index (κ3) is 7.96. The second kappa shape index (κ2) is 14.0. The summed E-state index contributed by atoms with van der Waals surface area (Å²) in [5.41, 5.74) is 5.83. The standard InChI is InChI=1S/C31H32N4O5S/c36-28(32-18-27-7-4-16-39-27)20-40-26-14-8-22(9-15-26)17-33-34-30(38)24-10-12-25(13-11-24)31-35(29(37)21-41-31)19-23-5-2-1-3-6-23/h1-3,5-6,8-15,17,27,31H,4,7,16,18-21H2,(H,32,36)(H,34,38)/b33-17-/t27-,31-/m1/s1. The lowest BCUT2D eigenvalue weighted by molar-refractivity contribution is -0.128. The van der Waals surface area contributed by atoms with Crippen molar-refractivity contribution in [3.05, 3.63) is 101 Å². The molecule has 3 aromatic carbocycles. The zero-order chi connectivity index (χ0) is 28.4. The van der Waals surface area contributed by atoms with Crippen molar-refractivity contribution >= 4 is 35.7 Å². The minimum Gasteiger partial charge on any atom is -0.484 e. The van der Waals surface area contributed by atoms with Gasteiger partial charge < -0.3 is 19.7 Å². The highest BCUT2D eigenvalue weighted by Crippen LogP contribution is 2.39. The molecule has 2 atom stereocenters. The fourth-order valence-corrected chi connectivity index (χ4v) is 5.78. The Morgan fingerprint density at radius 3 is 2.56 bits per heavy atom. The molecule has 212 valence electrons. The Morgan fingerprint density at radius 2 is 1.83 bits per heavy atom. The number of benzene rings is 3. The number of rotatable bonds is 11. The smallest absolute Gasteiger partial charge is 0.271 e. The quantitative estimate of drug-likeness (QED) is 0.267. The Kier molecular flexibility index (Phi) is 9.66. The Balaban J connectivity index is 1.07. The van der Waals surface area contributed by atoms with E-state index in [1.807, 2.05) is 47.4 Å². The fourth-order valence-electron chi connectivity index (χ4n) is 4.59. The molecule has 0 aliphatic carbocycles. The van der Waals surface area contributed by atoms with Gasteiger partial charge in [0.1, 0.15) is 11.1 Å². The maximum absolute atomic E-state index is 12.6. The van der Waals surface area contributed by atoms with Crippen molar-refractivity contribution in [2.45, 2.75) is 30.9 Å². The van der Waals surface area contributed by atoms with Crippen LogP contribution in [0.2, 0.25) is 0 Å². The van der Waals surface area contributed by atoms with Crippen LogP contribution in [-0.2, 0) is 20.9 Å². The molecule has 10 heteroatoms. The second-order valence-corrected chi connectivity index (χ2v) is 10.9. The molecule has 3 aromatic rings. The molecule has 0 radical (unpaired) electrons. The molecule has 5 rings (SSSR count). The second-order valence-electron chi connectivity index (χ2n) is 9.79. The van der Waals surface area contributed by atoms with E-state index in [1.165, 1.54) is 6.21 Å². The number of carbonyl (C=O) groups excluding carboxylic acids is 3. The van der Waals surface area contributed by atoms with E-state index >= 15 is 0 Å². The zero-order valence-corrected chi connectivity index (χ0v) is 23.3. The summed E-state index contributed by atoms with van der Waals surface area (Å²) in [6, 6.07) is 24.2. The monoisotopic (exact) mass is 572 g/mol. The van der Waals surface area contributed by atoms with Gasteiger partial charge in [-0.05, 0) is 65.9 Å². The number of hydrazone groups is 1. The Morgan fingerprint density at radius 1 is 1.05 bits per heavy atom.